The molecular weight excluding hydrogens is 190 g/mol. The van der Waals surface area contributed by atoms with Gasteiger partial charge in [0.2, 0.25) is 0 Å². The predicted molar refractivity (Wildman–Crippen MR) is 49.7 cm³/mol. The van der Waals surface area contributed by atoms with Gasteiger partial charge in [0.1, 0.15) is 6.10 Å². The molecule has 0 radical (unpaired) electrons. The molecule has 0 fully saturated rings. The van der Waals surface area contributed by atoms with E-state index in [4.69, 9.17) is 16.0 Å². The molecule has 2 aromatic heterocycles. The zero-order valence-electron chi connectivity index (χ0n) is 6.99. The number of hydrogen-bond acceptors (Lipinski definition) is 3. The van der Waals surface area contributed by atoms with Gasteiger partial charge in [0, 0.05) is 11.6 Å². The average molecular weight is 198 g/mol. The number of aliphatic hydroxyl groups is 1. The Hall–Kier alpha value is -1.06. The standard InChI is InChI=1S/C9H8ClNO2/c1-5(12)9-8(10)6-2-3-11-4-7(6)13-9/h2-5,12H,1H3. The summed E-state index contributed by atoms with van der Waals surface area (Å²) in [5, 5.41) is 10.6. The molecule has 0 spiro atoms. The fourth-order valence-corrected chi connectivity index (χ4v) is 1.56. The molecule has 0 bridgehead atoms. The zero-order valence-corrected chi connectivity index (χ0v) is 7.75. The van der Waals surface area contributed by atoms with Crippen LogP contribution >= 0.6 is 11.6 Å². The summed E-state index contributed by atoms with van der Waals surface area (Å²) in [4.78, 5) is 3.89. The van der Waals surface area contributed by atoms with Gasteiger partial charge in [-0.3, -0.25) is 4.98 Å². The van der Waals surface area contributed by atoms with E-state index in [-0.39, 0.29) is 0 Å². The molecule has 1 atom stereocenters. The number of halogens is 1. The van der Waals surface area contributed by atoms with Crippen molar-refractivity contribution in [3.63, 3.8) is 0 Å². The van der Waals surface area contributed by atoms with E-state index in [1.54, 1.807) is 25.4 Å². The summed E-state index contributed by atoms with van der Waals surface area (Å²) in [5.74, 6) is 0.393. The van der Waals surface area contributed by atoms with Gasteiger partial charge >= 0.3 is 0 Å². The molecule has 0 saturated heterocycles. The number of aromatic nitrogens is 1. The number of rotatable bonds is 1. The summed E-state index contributed by atoms with van der Waals surface area (Å²) in [6, 6.07) is 1.76. The van der Waals surface area contributed by atoms with Gasteiger partial charge in [0.25, 0.3) is 0 Å². The summed E-state index contributed by atoms with van der Waals surface area (Å²) in [6.07, 6.45) is 2.52. The number of nitrogens with zero attached hydrogens (tertiary/aromatic N) is 1. The topological polar surface area (TPSA) is 46.3 Å². The Bertz CT molecular complexity index is 436. The molecule has 0 aliphatic heterocycles. The first-order valence-corrected chi connectivity index (χ1v) is 4.28. The lowest BCUT2D eigenvalue weighted by Crippen LogP contribution is -1.87. The van der Waals surface area contributed by atoms with Gasteiger partial charge in [-0.05, 0) is 13.0 Å². The molecule has 0 aromatic carbocycles. The first kappa shape index (κ1) is 8.53. The van der Waals surface area contributed by atoms with Crippen molar-refractivity contribution in [2.75, 3.05) is 0 Å². The maximum absolute atomic E-state index is 9.31. The Kier molecular flexibility index (Phi) is 1.98. The lowest BCUT2D eigenvalue weighted by atomic mass is 10.2. The van der Waals surface area contributed by atoms with Crippen LogP contribution in [0, 0.1) is 0 Å². The van der Waals surface area contributed by atoms with E-state index in [0.29, 0.717) is 16.4 Å². The number of pyridine rings is 1. The molecule has 13 heavy (non-hydrogen) atoms. The van der Waals surface area contributed by atoms with Crippen molar-refractivity contribution in [3.8, 4) is 0 Å². The van der Waals surface area contributed by atoms with Crippen molar-refractivity contribution in [1.29, 1.82) is 0 Å². The van der Waals surface area contributed by atoms with Gasteiger partial charge < -0.3 is 9.52 Å². The largest absolute Gasteiger partial charge is 0.455 e. The van der Waals surface area contributed by atoms with Crippen molar-refractivity contribution in [2.45, 2.75) is 13.0 Å². The van der Waals surface area contributed by atoms with E-state index in [0.717, 1.165) is 5.39 Å². The molecule has 2 heterocycles. The van der Waals surface area contributed by atoms with E-state index in [2.05, 4.69) is 4.98 Å². The normalized spacial score (nSPS) is 13.5. The maximum atomic E-state index is 9.31. The van der Waals surface area contributed by atoms with Crippen molar-refractivity contribution in [1.82, 2.24) is 4.98 Å². The highest BCUT2D eigenvalue weighted by molar-refractivity contribution is 6.36. The summed E-state index contributed by atoms with van der Waals surface area (Å²) >= 11 is 5.97. The molecule has 0 amide bonds. The van der Waals surface area contributed by atoms with Crippen LogP contribution in [0.1, 0.15) is 18.8 Å². The van der Waals surface area contributed by atoms with Gasteiger partial charge in [-0.1, -0.05) is 11.6 Å². The molecule has 2 rings (SSSR count). The van der Waals surface area contributed by atoms with Crippen molar-refractivity contribution in [2.24, 2.45) is 0 Å². The SMILES string of the molecule is CC(O)c1oc2cnccc2c1Cl. The minimum Gasteiger partial charge on any atom is -0.455 e. The number of fused-ring (bicyclic) bond motifs is 1. The van der Waals surface area contributed by atoms with Gasteiger partial charge in [0.15, 0.2) is 11.3 Å². The van der Waals surface area contributed by atoms with Crippen LogP contribution in [0.3, 0.4) is 0 Å². The van der Waals surface area contributed by atoms with Gasteiger partial charge in [-0.15, -0.1) is 0 Å². The summed E-state index contributed by atoms with van der Waals surface area (Å²) < 4.78 is 5.32. The van der Waals surface area contributed by atoms with Gasteiger partial charge in [-0.2, -0.15) is 0 Å². The molecule has 2 aromatic rings. The molecule has 3 nitrogen and oxygen atoms in total. The third kappa shape index (κ3) is 1.30. The highest BCUT2D eigenvalue weighted by Gasteiger charge is 2.15. The minimum absolute atomic E-state index is 0.393. The first-order valence-electron chi connectivity index (χ1n) is 3.90. The molecule has 1 unspecified atom stereocenters. The number of aliphatic hydroxyl groups excluding tert-OH is 1. The highest BCUT2D eigenvalue weighted by Crippen LogP contribution is 2.33. The average Bonchev–Trinajstić information content (AvgIpc) is 2.45. The Morgan fingerprint density at radius 3 is 3.00 bits per heavy atom. The van der Waals surface area contributed by atoms with Crippen LogP contribution in [0.25, 0.3) is 11.0 Å². The molecule has 1 N–H and O–H groups in total. The van der Waals surface area contributed by atoms with E-state index >= 15 is 0 Å². The van der Waals surface area contributed by atoms with Crippen molar-refractivity contribution in [3.05, 3.63) is 29.2 Å². The third-order valence-electron chi connectivity index (χ3n) is 1.84. The lowest BCUT2D eigenvalue weighted by Gasteiger charge is -1.97. The van der Waals surface area contributed by atoms with E-state index < -0.39 is 6.10 Å². The summed E-state index contributed by atoms with van der Waals surface area (Å²) in [6.45, 7) is 1.61. The fourth-order valence-electron chi connectivity index (χ4n) is 1.21. The highest BCUT2D eigenvalue weighted by atomic mass is 35.5. The first-order chi connectivity index (χ1) is 6.20. The number of furan rings is 1. The third-order valence-corrected chi connectivity index (χ3v) is 2.23. The second-order valence-corrected chi connectivity index (χ2v) is 3.21. The molecule has 0 aliphatic rings. The van der Waals surface area contributed by atoms with Crippen LogP contribution in [0.5, 0.6) is 0 Å². The van der Waals surface area contributed by atoms with Crippen LogP contribution < -0.4 is 0 Å². The second-order valence-electron chi connectivity index (χ2n) is 2.83. The monoisotopic (exact) mass is 197 g/mol. The van der Waals surface area contributed by atoms with E-state index in [9.17, 15) is 5.11 Å². The fraction of sp³-hybridized carbons (Fsp3) is 0.222. The van der Waals surface area contributed by atoms with Crippen LogP contribution in [-0.2, 0) is 0 Å². The minimum atomic E-state index is -0.695. The zero-order chi connectivity index (χ0) is 9.42. The Balaban J connectivity index is 2.74. The van der Waals surface area contributed by atoms with Crippen LogP contribution in [0.15, 0.2) is 22.9 Å². The molecule has 68 valence electrons. The second kappa shape index (κ2) is 3.01. The molecular formula is C9H8ClNO2. The van der Waals surface area contributed by atoms with Gasteiger partial charge in [-0.25, -0.2) is 0 Å². The summed E-state index contributed by atoms with van der Waals surface area (Å²) in [7, 11) is 0. The quantitative estimate of drug-likeness (QED) is 0.764. The van der Waals surface area contributed by atoms with Gasteiger partial charge in [0.05, 0.1) is 11.2 Å². The van der Waals surface area contributed by atoms with E-state index in [1.165, 1.54) is 0 Å². The smallest absolute Gasteiger partial charge is 0.154 e. The molecule has 4 heteroatoms. The van der Waals surface area contributed by atoms with Crippen molar-refractivity contribution >= 4 is 22.6 Å². The predicted octanol–water partition coefficient (Wildman–Crippen LogP) is 2.53. The Morgan fingerprint density at radius 1 is 1.62 bits per heavy atom. The Morgan fingerprint density at radius 2 is 2.38 bits per heavy atom. The Labute approximate surface area is 80.0 Å². The van der Waals surface area contributed by atoms with Crippen molar-refractivity contribution < 1.29 is 9.52 Å². The molecule has 0 saturated carbocycles. The van der Waals surface area contributed by atoms with Crippen LogP contribution in [0.2, 0.25) is 5.02 Å². The lowest BCUT2D eigenvalue weighted by molar-refractivity contribution is 0.172. The maximum Gasteiger partial charge on any atom is 0.154 e. The van der Waals surface area contributed by atoms with E-state index in [1.807, 2.05) is 0 Å². The van der Waals surface area contributed by atoms with Crippen LogP contribution in [-0.4, -0.2) is 10.1 Å². The van der Waals surface area contributed by atoms with Crippen LogP contribution in [0.4, 0.5) is 0 Å². The summed E-state index contributed by atoms with van der Waals surface area (Å²) in [5.41, 5.74) is 0.600. The number of hydrogen-bond donors (Lipinski definition) is 1. The molecule has 0 aliphatic carbocycles.